The summed E-state index contributed by atoms with van der Waals surface area (Å²) >= 11 is 11.6. The van der Waals surface area contributed by atoms with Crippen molar-refractivity contribution in [2.75, 3.05) is 0 Å². The van der Waals surface area contributed by atoms with Gasteiger partial charge in [-0.1, -0.05) is 35.3 Å². The molecule has 7 heteroatoms. The van der Waals surface area contributed by atoms with Gasteiger partial charge in [0.15, 0.2) is 0 Å². The van der Waals surface area contributed by atoms with Gasteiger partial charge in [-0.3, -0.25) is 20.4 Å². The molecular weight excluding hydrogens is 339 g/mol. The molecule has 0 radical (unpaired) electrons. The van der Waals surface area contributed by atoms with E-state index >= 15 is 0 Å². The van der Waals surface area contributed by atoms with Crippen molar-refractivity contribution in [1.29, 1.82) is 0 Å². The van der Waals surface area contributed by atoms with Gasteiger partial charge in [-0.05, 0) is 42.3 Å². The molecule has 0 aliphatic carbocycles. The Bertz CT molecular complexity index is 735. The van der Waals surface area contributed by atoms with Gasteiger partial charge in [-0.15, -0.1) is 0 Å². The Balaban J connectivity index is 1.84. The minimum absolute atomic E-state index is 0.0207. The predicted molar refractivity (Wildman–Crippen MR) is 88.5 cm³/mol. The summed E-state index contributed by atoms with van der Waals surface area (Å²) in [5.74, 6) is -1.24. The number of hydrazine groups is 1. The number of amides is 2. The van der Waals surface area contributed by atoms with Crippen LogP contribution in [0.1, 0.15) is 22.3 Å². The second kappa shape index (κ2) is 7.85. The molecule has 0 saturated heterocycles. The largest absolute Gasteiger partial charge is 0.507 e. The minimum Gasteiger partial charge on any atom is -0.507 e. The van der Waals surface area contributed by atoms with Gasteiger partial charge in [0.25, 0.3) is 5.91 Å². The number of carbonyl (C=O) groups is 2. The molecule has 0 atom stereocenters. The lowest BCUT2D eigenvalue weighted by atomic mass is 10.1. The van der Waals surface area contributed by atoms with Crippen LogP contribution in [0, 0.1) is 0 Å². The first-order chi connectivity index (χ1) is 11.0. The van der Waals surface area contributed by atoms with Crippen molar-refractivity contribution in [2.24, 2.45) is 0 Å². The second-order valence-electron chi connectivity index (χ2n) is 4.79. The van der Waals surface area contributed by atoms with E-state index in [0.717, 1.165) is 5.56 Å². The molecule has 2 aromatic rings. The van der Waals surface area contributed by atoms with Crippen molar-refractivity contribution in [2.45, 2.75) is 12.8 Å². The van der Waals surface area contributed by atoms with E-state index in [-0.39, 0.29) is 23.6 Å². The third-order valence-electron chi connectivity index (χ3n) is 3.05. The number of rotatable bonds is 4. The summed E-state index contributed by atoms with van der Waals surface area (Å²) in [6, 6.07) is 11.3. The SMILES string of the molecule is O=C(CCc1cccc(Cl)c1)NNC(=O)c1cc(Cl)ccc1O. The zero-order chi connectivity index (χ0) is 16.8. The molecular formula is C16H14Cl2N2O3. The molecule has 0 aliphatic heterocycles. The van der Waals surface area contributed by atoms with Gasteiger partial charge in [0.2, 0.25) is 5.91 Å². The van der Waals surface area contributed by atoms with Gasteiger partial charge in [-0.2, -0.15) is 0 Å². The summed E-state index contributed by atoms with van der Waals surface area (Å²) in [6.07, 6.45) is 0.673. The highest BCUT2D eigenvalue weighted by Crippen LogP contribution is 2.21. The number of benzene rings is 2. The van der Waals surface area contributed by atoms with Gasteiger partial charge in [0, 0.05) is 16.5 Å². The maximum absolute atomic E-state index is 11.9. The lowest BCUT2D eigenvalue weighted by Crippen LogP contribution is -2.41. The Hall–Kier alpha value is -2.24. The van der Waals surface area contributed by atoms with Crippen LogP contribution >= 0.6 is 23.2 Å². The van der Waals surface area contributed by atoms with Crippen LogP contribution in [0.5, 0.6) is 5.75 Å². The minimum atomic E-state index is -0.652. The van der Waals surface area contributed by atoms with Crippen molar-refractivity contribution < 1.29 is 14.7 Å². The summed E-state index contributed by atoms with van der Waals surface area (Å²) < 4.78 is 0. The summed E-state index contributed by atoms with van der Waals surface area (Å²) in [5.41, 5.74) is 5.42. The van der Waals surface area contributed by atoms with Crippen molar-refractivity contribution in [1.82, 2.24) is 10.9 Å². The van der Waals surface area contributed by atoms with E-state index < -0.39 is 5.91 Å². The van der Waals surface area contributed by atoms with Crippen molar-refractivity contribution in [3.8, 4) is 5.75 Å². The zero-order valence-electron chi connectivity index (χ0n) is 12.0. The standard InChI is InChI=1S/C16H14Cl2N2O3/c17-11-3-1-2-10(8-11)4-7-15(22)19-20-16(23)13-9-12(18)5-6-14(13)21/h1-3,5-6,8-9,21H,4,7H2,(H,19,22)(H,20,23). The molecule has 0 spiro atoms. The average Bonchev–Trinajstić information content (AvgIpc) is 2.53. The van der Waals surface area contributed by atoms with Crippen LogP contribution in [0.4, 0.5) is 0 Å². The highest BCUT2D eigenvalue weighted by atomic mass is 35.5. The second-order valence-corrected chi connectivity index (χ2v) is 5.67. The van der Waals surface area contributed by atoms with Crippen molar-refractivity contribution >= 4 is 35.0 Å². The Morgan fingerprint density at radius 1 is 1.00 bits per heavy atom. The highest BCUT2D eigenvalue weighted by Gasteiger charge is 2.12. The number of phenolic OH excluding ortho intramolecular Hbond substituents is 1. The number of carbonyl (C=O) groups excluding carboxylic acids is 2. The van der Waals surface area contributed by atoms with E-state index in [4.69, 9.17) is 23.2 Å². The lowest BCUT2D eigenvalue weighted by molar-refractivity contribution is -0.121. The maximum Gasteiger partial charge on any atom is 0.273 e. The van der Waals surface area contributed by atoms with E-state index in [9.17, 15) is 14.7 Å². The fraction of sp³-hybridized carbons (Fsp3) is 0.125. The molecule has 2 aromatic carbocycles. The Labute approximate surface area is 143 Å². The van der Waals surface area contributed by atoms with Gasteiger partial charge in [-0.25, -0.2) is 0 Å². The number of hydrogen-bond acceptors (Lipinski definition) is 3. The molecule has 120 valence electrons. The topological polar surface area (TPSA) is 78.4 Å². The van der Waals surface area contributed by atoms with Crippen LogP contribution < -0.4 is 10.9 Å². The van der Waals surface area contributed by atoms with Gasteiger partial charge < -0.3 is 5.11 Å². The lowest BCUT2D eigenvalue weighted by Gasteiger charge is -2.09. The Morgan fingerprint density at radius 3 is 2.48 bits per heavy atom. The zero-order valence-corrected chi connectivity index (χ0v) is 13.5. The Kier molecular flexibility index (Phi) is 5.84. The normalized spacial score (nSPS) is 10.2. The Morgan fingerprint density at radius 2 is 1.74 bits per heavy atom. The number of hydrogen-bond donors (Lipinski definition) is 3. The van der Waals surface area contributed by atoms with Crippen molar-refractivity contribution in [3.63, 3.8) is 0 Å². The number of aryl methyl sites for hydroxylation is 1. The fourth-order valence-electron chi connectivity index (χ4n) is 1.90. The van der Waals surface area contributed by atoms with E-state index in [1.54, 1.807) is 18.2 Å². The van der Waals surface area contributed by atoms with E-state index in [0.29, 0.717) is 16.5 Å². The fourth-order valence-corrected chi connectivity index (χ4v) is 2.28. The van der Waals surface area contributed by atoms with Crippen LogP contribution in [0.2, 0.25) is 10.0 Å². The number of phenols is 1. The molecule has 0 aliphatic rings. The quantitative estimate of drug-likeness (QED) is 0.739. The molecule has 0 heterocycles. The van der Waals surface area contributed by atoms with E-state index in [2.05, 4.69) is 10.9 Å². The molecule has 2 rings (SSSR count). The van der Waals surface area contributed by atoms with E-state index in [1.807, 2.05) is 6.07 Å². The summed E-state index contributed by atoms with van der Waals surface area (Å²) in [4.78, 5) is 23.6. The van der Waals surface area contributed by atoms with Crippen molar-refractivity contribution in [3.05, 3.63) is 63.6 Å². The van der Waals surface area contributed by atoms with Crippen LogP contribution in [0.3, 0.4) is 0 Å². The number of halogens is 2. The predicted octanol–water partition coefficient (Wildman–Crippen LogP) is 3.09. The molecule has 2 amide bonds. The summed E-state index contributed by atoms with van der Waals surface area (Å²) in [7, 11) is 0. The molecule has 0 bridgehead atoms. The van der Waals surface area contributed by atoms with Crippen LogP contribution in [0.25, 0.3) is 0 Å². The molecule has 23 heavy (non-hydrogen) atoms. The molecule has 3 N–H and O–H groups in total. The monoisotopic (exact) mass is 352 g/mol. The smallest absolute Gasteiger partial charge is 0.273 e. The molecule has 0 unspecified atom stereocenters. The first-order valence-electron chi connectivity index (χ1n) is 6.78. The van der Waals surface area contributed by atoms with Gasteiger partial charge in [0.05, 0.1) is 5.56 Å². The van der Waals surface area contributed by atoms with Crippen LogP contribution in [-0.4, -0.2) is 16.9 Å². The van der Waals surface area contributed by atoms with Crippen LogP contribution in [0.15, 0.2) is 42.5 Å². The van der Waals surface area contributed by atoms with Gasteiger partial charge in [0.1, 0.15) is 5.75 Å². The van der Waals surface area contributed by atoms with Crippen LogP contribution in [-0.2, 0) is 11.2 Å². The number of aromatic hydroxyl groups is 1. The molecule has 0 aromatic heterocycles. The third-order valence-corrected chi connectivity index (χ3v) is 3.52. The molecule has 5 nitrogen and oxygen atoms in total. The first kappa shape index (κ1) is 17.1. The molecule has 0 saturated carbocycles. The average molecular weight is 353 g/mol. The summed E-state index contributed by atoms with van der Waals surface area (Å²) in [6.45, 7) is 0. The van der Waals surface area contributed by atoms with E-state index in [1.165, 1.54) is 18.2 Å². The third kappa shape index (κ3) is 5.16. The first-order valence-corrected chi connectivity index (χ1v) is 7.53. The van der Waals surface area contributed by atoms with Gasteiger partial charge >= 0.3 is 0 Å². The number of nitrogens with one attached hydrogen (secondary N) is 2. The molecule has 0 fully saturated rings. The summed E-state index contributed by atoms with van der Waals surface area (Å²) in [5, 5.41) is 10.5. The highest BCUT2D eigenvalue weighted by molar-refractivity contribution is 6.31. The maximum atomic E-state index is 11.9.